The number of carbonyl (C=O) groups excluding carboxylic acids is 4. The van der Waals surface area contributed by atoms with Crippen LogP contribution in [0, 0.1) is 11.8 Å². The number of ether oxygens (including phenoxy) is 1. The molecule has 0 heterocycles. The fourth-order valence-electron chi connectivity index (χ4n) is 5.66. The molecule has 4 rings (SSSR count). The Morgan fingerprint density at radius 3 is 2.04 bits per heavy atom. The number of fused-ring (bicyclic) bond motifs is 1. The Balaban J connectivity index is 1.51. The van der Waals surface area contributed by atoms with Gasteiger partial charge in [0.15, 0.2) is 0 Å². The van der Waals surface area contributed by atoms with Crippen LogP contribution in [0.5, 0.6) is 0 Å². The maximum Gasteiger partial charge on any atom is 0.309 e. The molecule has 0 saturated heterocycles. The van der Waals surface area contributed by atoms with Crippen molar-refractivity contribution in [2.45, 2.75) is 38.3 Å². The van der Waals surface area contributed by atoms with Crippen LogP contribution in [0.1, 0.15) is 30.4 Å². The van der Waals surface area contributed by atoms with Gasteiger partial charge in [-0.2, -0.15) is 0 Å². The van der Waals surface area contributed by atoms with Crippen LogP contribution in [0.25, 0.3) is 10.8 Å². The molecule has 0 aliphatic heterocycles. The number of nitrogens with one attached hydrogen (secondary N) is 2. The molecule has 0 aliphatic rings. The predicted octanol–water partition coefficient (Wildman–Crippen LogP) is 5.84. The summed E-state index contributed by atoms with van der Waals surface area (Å²) in [6.07, 6.45) is 3.96. The Morgan fingerprint density at radius 2 is 1.38 bits per heavy atom. The van der Waals surface area contributed by atoms with Crippen LogP contribution in [0.2, 0.25) is 0 Å². The summed E-state index contributed by atoms with van der Waals surface area (Å²) in [6.45, 7) is 7.24. The van der Waals surface area contributed by atoms with Crippen LogP contribution in [0.4, 0.5) is 5.69 Å². The Morgan fingerprint density at radius 1 is 0.760 bits per heavy atom. The van der Waals surface area contributed by atoms with E-state index < -0.39 is 42.3 Å². The molecule has 3 amide bonds. The van der Waals surface area contributed by atoms with E-state index in [-0.39, 0.29) is 38.4 Å². The number of benzene rings is 4. The van der Waals surface area contributed by atoms with Crippen molar-refractivity contribution < 1.29 is 29.0 Å². The molecule has 0 radical (unpaired) electrons. The van der Waals surface area contributed by atoms with E-state index in [4.69, 9.17) is 4.74 Å². The van der Waals surface area contributed by atoms with E-state index in [1.807, 2.05) is 97.1 Å². The van der Waals surface area contributed by atoms with E-state index in [0.717, 1.165) is 21.9 Å². The first kappa shape index (κ1) is 37.3. The Kier molecular flexibility index (Phi) is 14.5. The molecule has 0 aliphatic carbocycles. The molecule has 9 nitrogen and oxygen atoms in total. The standard InChI is InChI=1S/C41H45N3O6/c1-3-13-34(27-38(46)44(23-24-45)28-31-17-9-6-10-18-31)39(47)43-37(40(48)42-36-22-21-32-19-11-12-20-33(32)26-36)29-50-41(49)35(14-4-2)25-30-15-7-5-8-16-30/h3-12,15-22,26,34-35,37,45H,1-2,13-14,23-25,27-29H2,(H,42,48)(H,43,47)/t34-,35-,37+/m1/s1. The zero-order valence-corrected chi connectivity index (χ0v) is 28.2. The number of hydrogen-bond donors (Lipinski definition) is 3. The van der Waals surface area contributed by atoms with Crippen molar-refractivity contribution in [3.8, 4) is 0 Å². The Labute approximate surface area is 293 Å². The maximum absolute atomic E-state index is 13.8. The molecule has 0 unspecified atom stereocenters. The van der Waals surface area contributed by atoms with E-state index in [1.54, 1.807) is 18.2 Å². The first-order valence-corrected chi connectivity index (χ1v) is 16.8. The molecule has 0 bridgehead atoms. The predicted molar refractivity (Wildman–Crippen MR) is 196 cm³/mol. The number of hydrogen-bond acceptors (Lipinski definition) is 6. The van der Waals surface area contributed by atoms with Gasteiger partial charge in [0.25, 0.3) is 5.91 Å². The first-order valence-electron chi connectivity index (χ1n) is 16.8. The molecule has 0 fully saturated rings. The number of aliphatic hydroxyl groups is 1. The van der Waals surface area contributed by atoms with Gasteiger partial charge in [-0.3, -0.25) is 19.2 Å². The topological polar surface area (TPSA) is 125 Å². The van der Waals surface area contributed by atoms with E-state index in [1.165, 1.54) is 4.90 Å². The van der Waals surface area contributed by atoms with E-state index in [9.17, 15) is 24.3 Å². The van der Waals surface area contributed by atoms with Crippen LogP contribution in [-0.2, 0) is 36.9 Å². The van der Waals surface area contributed by atoms with Crippen molar-refractivity contribution in [3.63, 3.8) is 0 Å². The third-order valence-electron chi connectivity index (χ3n) is 8.33. The number of esters is 1. The van der Waals surface area contributed by atoms with Crippen molar-refractivity contribution >= 4 is 40.2 Å². The van der Waals surface area contributed by atoms with E-state index in [2.05, 4.69) is 23.8 Å². The van der Waals surface area contributed by atoms with Crippen molar-refractivity contribution in [2.75, 3.05) is 25.1 Å². The minimum absolute atomic E-state index is 0.0950. The minimum atomic E-state index is -1.26. The lowest BCUT2D eigenvalue weighted by Crippen LogP contribution is -2.50. The number of carbonyl (C=O) groups is 4. The summed E-state index contributed by atoms with van der Waals surface area (Å²) in [6, 6.07) is 30.8. The maximum atomic E-state index is 13.8. The average Bonchev–Trinajstić information content (AvgIpc) is 3.13. The van der Waals surface area contributed by atoms with Crippen LogP contribution >= 0.6 is 0 Å². The van der Waals surface area contributed by atoms with Crippen LogP contribution in [0.3, 0.4) is 0 Å². The highest BCUT2D eigenvalue weighted by Crippen LogP contribution is 2.20. The van der Waals surface area contributed by atoms with E-state index >= 15 is 0 Å². The smallest absolute Gasteiger partial charge is 0.309 e. The van der Waals surface area contributed by atoms with Crippen LogP contribution in [0.15, 0.2) is 128 Å². The number of rotatable bonds is 19. The fourth-order valence-corrected chi connectivity index (χ4v) is 5.66. The second-order valence-corrected chi connectivity index (χ2v) is 12.1. The highest BCUT2D eigenvalue weighted by Gasteiger charge is 2.30. The van der Waals surface area contributed by atoms with Gasteiger partial charge in [-0.05, 0) is 53.3 Å². The molecule has 0 spiro atoms. The van der Waals surface area contributed by atoms with Crippen molar-refractivity contribution in [2.24, 2.45) is 11.8 Å². The quantitative estimate of drug-likeness (QED) is 0.0847. The number of allylic oxidation sites excluding steroid dienone is 2. The third kappa shape index (κ3) is 11.3. The molecule has 0 aromatic heterocycles. The molecular weight excluding hydrogens is 630 g/mol. The monoisotopic (exact) mass is 675 g/mol. The normalized spacial score (nSPS) is 12.6. The Bertz CT molecular complexity index is 1740. The summed E-state index contributed by atoms with van der Waals surface area (Å²) >= 11 is 0. The SMILES string of the molecule is C=CC[C@H](CC(=O)N(CCO)Cc1ccccc1)C(=O)N[C@@H](COC(=O)[C@H](CC=C)Cc1ccccc1)C(=O)Nc1ccc2ccccc2c1. The molecule has 0 saturated carbocycles. The molecule has 3 atom stereocenters. The zero-order chi connectivity index (χ0) is 35.7. The number of amides is 3. The van der Waals surface area contributed by atoms with E-state index in [0.29, 0.717) is 18.5 Å². The van der Waals surface area contributed by atoms with Gasteiger partial charge in [-0.1, -0.05) is 103 Å². The van der Waals surface area contributed by atoms with Gasteiger partial charge in [0.1, 0.15) is 12.6 Å². The van der Waals surface area contributed by atoms with Crippen molar-refractivity contribution in [1.29, 1.82) is 0 Å². The van der Waals surface area contributed by atoms with Gasteiger partial charge in [0, 0.05) is 25.2 Å². The summed E-state index contributed by atoms with van der Waals surface area (Å²) in [7, 11) is 0. The largest absolute Gasteiger partial charge is 0.463 e. The minimum Gasteiger partial charge on any atom is -0.463 e. The number of aliphatic hydroxyl groups excluding tert-OH is 1. The Hall–Kier alpha value is -5.54. The van der Waals surface area contributed by atoms with Gasteiger partial charge >= 0.3 is 5.97 Å². The summed E-state index contributed by atoms with van der Waals surface area (Å²) in [5.74, 6) is -3.41. The molecule has 260 valence electrons. The molecule has 3 N–H and O–H groups in total. The summed E-state index contributed by atoms with van der Waals surface area (Å²) in [5.41, 5.74) is 2.34. The molecule has 4 aromatic rings. The summed E-state index contributed by atoms with van der Waals surface area (Å²) in [4.78, 5) is 55.7. The second kappa shape index (κ2) is 19.5. The second-order valence-electron chi connectivity index (χ2n) is 12.1. The summed E-state index contributed by atoms with van der Waals surface area (Å²) in [5, 5.41) is 17.2. The lowest BCUT2D eigenvalue weighted by Gasteiger charge is -2.26. The zero-order valence-electron chi connectivity index (χ0n) is 28.2. The van der Waals surface area contributed by atoms with Crippen molar-refractivity contribution in [1.82, 2.24) is 10.2 Å². The van der Waals surface area contributed by atoms with Gasteiger partial charge in [0.2, 0.25) is 11.8 Å². The average molecular weight is 676 g/mol. The van der Waals surface area contributed by atoms with Crippen LogP contribution in [-0.4, -0.2) is 59.5 Å². The lowest BCUT2D eigenvalue weighted by atomic mass is 9.96. The summed E-state index contributed by atoms with van der Waals surface area (Å²) < 4.78 is 5.69. The molecular formula is C41H45N3O6. The van der Waals surface area contributed by atoms with Gasteiger partial charge in [0.05, 0.1) is 18.4 Å². The first-order chi connectivity index (χ1) is 24.3. The lowest BCUT2D eigenvalue weighted by molar-refractivity contribution is -0.150. The number of nitrogens with zero attached hydrogens (tertiary/aromatic N) is 1. The van der Waals surface area contributed by atoms with Gasteiger partial charge < -0.3 is 25.4 Å². The molecule has 9 heteroatoms. The van der Waals surface area contributed by atoms with Crippen molar-refractivity contribution in [3.05, 3.63) is 140 Å². The highest BCUT2D eigenvalue weighted by molar-refractivity contribution is 5.99. The fraction of sp³-hybridized carbons (Fsp3) is 0.268. The third-order valence-corrected chi connectivity index (χ3v) is 8.33. The van der Waals surface area contributed by atoms with Gasteiger partial charge in [-0.25, -0.2) is 0 Å². The van der Waals surface area contributed by atoms with Crippen LogP contribution < -0.4 is 10.6 Å². The number of anilines is 1. The molecule has 4 aromatic carbocycles. The molecule has 50 heavy (non-hydrogen) atoms. The van der Waals surface area contributed by atoms with Gasteiger partial charge in [-0.15, -0.1) is 13.2 Å². The highest BCUT2D eigenvalue weighted by atomic mass is 16.5.